The van der Waals surface area contributed by atoms with Crippen LogP contribution in [0.25, 0.3) is 0 Å². The lowest BCUT2D eigenvalue weighted by molar-refractivity contribution is 0.252. The van der Waals surface area contributed by atoms with Crippen molar-refractivity contribution >= 4 is 23.4 Å². The smallest absolute Gasteiger partial charge is 0.319 e. The SMILES string of the molecule is Cc1nc(NCCNC(=O)Nc2ccc(F)c(F)c2F)cc(N(C)C)n1. The van der Waals surface area contributed by atoms with E-state index in [2.05, 4.69) is 25.9 Å². The third-order valence-electron chi connectivity index (χ3n) is 3.28. The minimum absolute atomic E-state index is 0.192. The maximum atomic E-state index is 13.5. The summed E-state index contributed by atoms with van der Waals surface area (Å²) in [4.78, 5) is 22.0. The number of aryl methyl sites for hydroxylation is 1. The van der Waals surface area contributed by atoms with Crippen molar-refractivity contribution in [3.8, 4) is 0 Å². The zero-order valence-electron chi connectivity index (χ0n) is 14.5. The van der Waals surface area contributed by atoms with E-state index >= 15 is 0 Å². The third kappa shape index (κ3) is 4.98. The van der Waals surface area contributed by atoms with Crippen molar-refractivity contribution in [2.24, 2.45) is 0 Å². The highest BCUT2D eigenvalue weighted by atomic mass is 19.2. The molecule has 0 atom stereocenters. The van der Waals surface area contributed by atoms with Crippen LogP contribution in [-0.2, 0) is 0 Å². The molecule has 1 heterocycles. The molecule has 0 aliphatic rings. The Balaban J connectivity index is 1.83. The second kappa shape index (κ2) is 8.37. The van der Waals surface area contributed by atoms with E-state index in [0.29, 0.717) is 18.2 Å². The summed E-state index contributed by atoms with van der Waals surface area (Å²) in [5.41, 5.74) is -0.448. The van der Waals surface area contributed by atoms with Crippen molar-refractivity contribution < 1.29 is 18.0 Å². The van der Waals surface area contributed by atoms with Gasteiger partial charge in [-0.15, -0.1) is 0 Å². The molecule has 1 aromatic heterocycles. The molecule has 10 heteroatoms. The number of hydrogen-bond acceptors (Lipinski definition) is 5. The molecule has 0 radical (unpaired) electrons. The Morgan fingerprint density at radius 2 is 1.85 bits per heavy atom. The van der Waals surface area contributed by atoms with Crippen molar-refractivity contribution in [3.63, 3.8) is 0 Å². The summed E-state index contributed by atoms with van der Waals surface area (Å²) in [6, 6.07) is 2.68. The first-order valence-corrected chi connectivity index (χ1v) is 7.73. The minimum Gasteiger partial charge on any atom is -0.368 e. The van der Waals surface area contributed by atoms with E-state index in [9.17, 15) is 18.0 Å². The number of anilines is 3. The van der Waals surface area contributed by atoms with E-state index in [-0.39, 0.29) is 6.54 Å². The summed E-state index contributed by atoms with van der Waals surface area (Å²) in [5.74, 6) is -2.49. The predicted octanol–water partition coefficient (Wildman–Crippen LogP) is 2.50. The first kappa shape index (κ1) is 19.3. The van der Waals surface area contributed by atoms with Gasteiger partial charge < -0.3 is 20.9 Å². The molecular formula is C16H19F3N6O. The number of nitrogens with zero attached hydrogens (tertiary/aromatic N) is 3. The number of benzene rings is 1. The fourth-order valence-corrected chi connectivity index (χ4v) is 2.03. The highest BCUT2D eigenvalue weighted by Crippen LogP contribution is 2.19. The van der Waals surface area contributed by atoms with E-state index in [1.54, 1.807) is 13.0 Å². The predicted molar refractivity (Wildman–Crippen MR) is 92.9 cm³/mol. The molecule has 0 saturated carbocycles. The molecule has 7 nitrogen and oxygen atoms in total. The first-order chi connectivity index (χ1) is 12.3. The van der Waals surface area contributed by atoms with Crippen molar-refractivity contribution in [1.29, 1.82) is 0 Å². The zero-order valence-corrected chi connectivity index (χ0v) is 14.5. The lowest BCUT2D eigenvalue weighted by Crippen LogP contribution is -2.33. The van der Waals surface area contributed by atoms with E-state index < -0.39 is 29.2 Å². The summed E-state index contributed by atoms with van der Waals surface area (Å²) in [7, 11) is 3.71. The van der Waals surface area contributed by atoms with E-state index in [1.165, 1.54) is 0 Å². The van der Waals surface area contributed by atoms with E-state index in [0.717, 1.165) is 18.0 Å². The number of nitrogens with one attached hydrogen (secondary N) is 3. The number of hydrogen-bond donors (Lipinski definition) is 3. The molecule has 140 valence electrons. The van der Waals surface area contributed by atoms with Gasteiger partial charge in [0, 0.05) is 33.3 Å². The highest BCUT2D eigenvalue weighted by Gasteiger charge is 2.14. The Morgan fingerprint density at radius 3 is 2.54 bits per heavy atom. The molecule has 0 saturated heterocycles. The Labute approximate surface area is 148 Å². The van der Waals surface area contributed by atoms with Gasteiger partial charge in [-0.2, -0.15) is 0 Å². The number of amides is 2. The van der Waals surface area contributed by atoms with Crippen molar-refractivity contribution in [3.05, 3.63) is 41.5 Å². The van der Waals surface area contributed by atoms with Gasteiger partial charge in [-0.3, -0.25) is 0 Å². The minimum atomic E-state index is -1.64. The van der Waals surface area contributed by atoms with Gasteiger partial charge >= 0.3 is 6.03 Å². The maximum absolute atomic E-state index is 13.5. The summed E-state index contributed by atoms with van der Waals surface area (Å²) in [6.45, 7) is 2.30. The Bertz CT molecular complexity index is 800. The summed E-state index contributed by atoms with van der Waals surface area (Å²) < 4.78 is 39.4. The quantitative estimate of drug-likeness (QED) is 0.539. The van der Waals surface area contributed by atoms with Gasteiger partial charge in [0.2, 0.25) is 0 Å². The normalized spacial score (nSPS) is 10.4. The van der Waals surface area contributed by atoms with Crippen molar-refractivity contribution in [2.45, 2.75) is 6.92 Å². The standard InChI is InChI=1S/C16H19F3N6O/c1-9-22-12(8-13(23-9)25(2)3)20-6-7-21-16(26)24-11-5-4-10(17)14(18)15(11)19/h4-5,8H,6-7H2,1-3H3,(H,20,22,23)(H2,21,24,26). The number of rotatable bonds is 6. The molecule has 0 fully saturated rings. The van der Waals surface area contributed by atoms with E-state index in [4.69, 9.17) is 0 Å². The van der Waals surface area contributed by atoms with Gasteiger partial charge in [-0.25, -0.2) is 27.9 Å². The van der Waals surface area contributed by atoms with Crippen LogP contribution < -0.4 is 20.9 Å². The molecule has 0 unspecified atom stereocenters. The number of carbonyl (C=O) groups excluding carboxylic acids is 1. The second-order valence-corrected chi connectivity index (χ2v) is 5.58. The third-order valence-corrected chi connectivity index (χ3v) is 3.28. The van der Waals surface area contributed by atoms with Crippen LogP contribution in [-0.4, -0.2) is 43.2 Å². The summed E-state index contributed by atoms with van der Waals surface area (Å²) in [6.07, 6.45) is 0. The van der Waals surface area contributed by atoms with Crippen LogP contribution in [0.2, 0.25) is 0 Å². The Kier molecular flexibility index (Phi) is 6.21. The molecule has 2 amide bonds. The van der Waals surface area contributed by atoms with Crippen LogP contribution in [0.1, 0.15) is 5.82 Å². The molecule has 1 aromatic carbocycles. The highest BCUT2D eigenvalue weighted by molar-refractivity contribution is 5.89. The lowest BCUT2D eigenvalue weighted by Gasteiger charge is -2.14. The van der Waals surface area contributed by atoms with Crippen LogP contribution in [0.3, 0.4) is 0 Å². The largest absolute Gasteiger partial charge is 0.368 e. The van der Waals surface area contributed by atoms with Crippen molar-refractivity contribution in [2.75, 3.05) is 42.7 Å². The molecule has 0 bridgehead atoms. The Hall–Kier alpha value is -3.04. The van der Waals surface area contributed by atoms with Gasteiger partial charge in [-0.1, -0.05) is 0 Å². The molecule has 26 heavy (non-hydrogen) atoms. The van der Waals surface area contributed by atoms with Gasteiger partial charge in [-0.05, 0) is 19.1 Å². The molecule has 2 aromatic rings. The van der Waals surface area contributed by atoms with Crippen LogP contribution in [0, 0.1) is 24.4 Å². The molecule has 2 rings (SSSR count). The topological polar surface area (TPSA) is 82.2 Å². The summed E-state index contributed by atoms with van der Waals surface area (Å²) in [5, 5.41) is 7.61. The van der Waals surface area contributed by atoms with Crippen LogP contribution in [0.4, 0.5) is 35.3 Å². The van der Waals surface area contributed by atoms with Gasteiger partial charge in [0.05, 0.1) is 5.69 Å². The molecule has 0 aliphatic heterocycles. The fourth-order valence-electron chi connectivity index (χ4n) is 2.03. The van der Waals surface area contributed by atoms with Crippen LogP contribution in [0.15, 0.2) is 18.2 Å². The molecule has 3 N–H and O–H groups in total. The number of aromatic nitrogens is 2. The second-order valence-electron chi connectivity index (χ2n) is 5.58. The van der Waals surface area contributed by atoms with Crippen LogP contribution >= 0.6 is 0 Å². The van der Waals surface area contributed by atoms with Gasteiger partial charge in [0.25, 0.3) is 0 Å². The Morgan fingerprint density at radius 1 is 1.12 bits per heavy atom. The molecular weight excluding hydrogens is 349 g/mol. The fraction of sp³-hybridized carbons (Fsp3) is 0.312. The number of urea groups is 1. The molecule has 0 aliphatic carbocycles. The first-order valence-electron chi connectivity index (χ1n) is 7.73. The van der Waals surface area contributed by atoms with Gasteiger partial charge in [0.1, 0.15) is 17.5 Å². The number of halogens is 3. The summed E-state index contributed by atoms with van der Waals surface area (Å²) >= 11 is 0. The maximum Gasteiger partial charge on any atom is 0.319 e. The van der Waals surface area contributed by atoms with Crippen LogP contribution in [0.5, 0.6) is 0 Å². The zero-order chi connectivity index (χ0) is 19.3. The lowest BCUT2D eigenvalue weighted by atomic mass is 10.3. The monoisotopic (exact) mass is 368 g/mol. The van der Waals surface area contributed by atoms with Crippen molar-refractivity contribution in [1.82, 2.24) is 15.3 Å². The average molecular weight is 368 g/mol. The van der Waals surface area contributed by atoms with Gasteiger partial charge in [0.15, 0.2) is 17.5 Å². The molecule has 0 spiro atoms. The number of carbonyl (C=O) groups is 1. The average Bonchev–Trinajstić information content (AvgIpc) is 2.59. The van der Waals surface area contributed by atoms with E-state index in [1.807, 2.05) is 19.0 Å².